The van der Waals surface area contributed by atoms with E-state index < -0.39 is 58.1 Å². The molecule has 2 amide bonds. The maximum absolute atomic E-state index is 14.1. The summed E-state index contributed by atoms with van der Waals surface area (Å²) in [6, 6.07) is 11.9. The fraction of sp³-hybridized carbons (Fsp3) is 0.161. The van der Waals surface area contributed by atoms with Crippen molar-refractivity contribution in [3.63, 3.8) is 0 Å². The van der Waals surface area contributed by atoms with E-state index >= 15 is 0 Å². The van der Waals surface area contributed by atoms with Crippen molar-refractivity contribution >= 4 is 79.7 Å². The van der Waals surface area contributed by atoms with Crippen LogP contribution in [0.2, 0.25) is 0 Å². The molecule has 0 aliphatic heterocycles. The number of aliphatic hydroxyl groups is 2. The Balaban J connectivity index is 0.000000266. The molecule has 0 radical (unpaired) electrons. The number of hydrogen-bond acceptors (Lipinski definition) is 8. The number of carbonyl (C=O) groups excluding carboxylic acids is 2. The van der Waals surface area contributed by atoms with Gasteiger partial charge in [-0.1, -0.05) is 0 Å². The molecule has 0 saturated heterocycles. The van der Waals surface area contributed by atoms with Crippen molar-refractivity contribution in [1.82, 2.24) is 11.0 Å². The summed E-state index contributed by atoms with van der Waals surface area (Å²) >= 11 is 3.80. The lowest BCUT2D eigenvalue weighted by Gasteiger charge is -2.14. The molecule has 4 aromatic rings. The molecule has 0 unspecified atom stereocenters. The molecule has 0 fully saturated rings. The predicted molar refractivity (Wildman–Crippen MR) is 183 cm³/mol. The monoisotopic (exact) mass is 918 g/mol. The third kappa shape index (κ3) is 11.4. The van der Waals surface area contributed by atoms with Crippen LogP contribution in [-0.4, -0.2) is 48.5 Å². The first-order valence-corrected chi connectivity index (χ1v) is 16.0. The van der Waals surface area contributed by atoms with Gasteiger partial charge in [-0.3, -0.25) is 19.3 Å². The van der Waals surface area contributed by atoms with Crippen molar-refractivity contribution in [2.75, 3.05) is 37.1 Å². The Bertz CT molecular complexity index is 1790. The fourth-order valence-corrected chi connectivity index (χ4v) is 4.61. The number of benzene rings is 4. The fourth-order valence-electron chi connectivity index (χ4n) is 3.70. The van der Waals surface area contributed by atoms with Crippen molar-refractivity contribution in [2.45, 2.75) is 6.42 Å². The van der Waals surface area contributed by atoms with Gasteiger partial charge in [0.2, 0.25) is 0 Å². The summed E-state index contributed by atoms with van der Waals surface area (Å²) in [4.78, 5) is 33.6. The first kappa shape index (κ1) is 39.7. The van der Waals surface area contributed by atoms with Crippen LogP contribution in [0.3, 0.4) is 0 Å². The van der Waals surface area contributed by atoms with Gasteiger partial charge in [-0.05, 0) is 112 Å². The number of amides is 2. The van der Waals surface area contributed by atoms with E-state index in [2.05, 4.69) is 21.0 Å². The van der Waals surface area contributed by atoms with Crippen LogP contribution >= 0.6 is 45.2 Å². The zero-order valence-corrected chi connectivity index (χ0v) is 29.2. The number of nitrogens with one attached hydrogen (secondary N) is 4. The molecule has 10 nitrogen and oxygen atoms in total. The van der Waals surface area contributed by atoms with E-state index in [4.69, 9.17) is 15.1 Å². The summed E-state index contributed by atoms with van der Waals surface area (Å²) in [6.45, 7) is -0.596. The predicted octanol–water partition coefficient (Wildman–Crippen LogP) is 6.60. The summed E-state index contributed by atoms with van der Waals surface area (Å²) in [5.41, 5.74) is 2.21. The Morgan fingerprint density at radius 2 is 1.02 bits per heavy atom. The topological polar surface area (TPSA) is 141 Å². The van der Waals surface area contributed by atoms with Crippen LogP contribution in [0.15, 0.2) is 60.7 Å². The summed E-state index contributed by atoms with van der Waals surface area (Å²) in [7, 11) is 0. The lowest BCUT2D eigenvalue weighted by atomic mass is 10.1. The Morgan fingerprint density at radius 1 is 0.592 bits per heavy atom. The van der Waals surface area contributed by atoms with Gasteiger partial charge in [-0.25, -0.2) is 37.3 Å². The van der Waals surface area contributed by atoms with E-state index in [1.165, 1.54) is 24.3 Å². The SMILES string of the molecule is O=C(NOCCCO)c1ccc(F)c(F)c1Nc1ccc(I)cc1F.O=C(NOCCO)c1ccc(F)c(F)c1Nc1ccc(I)cc1F. The standard InChI is InChI=1S/C16H14F3IN2O3.C15H12F3IN2O3/c17-11-4-3-10(16(24)22-25-7-1-6-23)15(14(11)19)21-13-5-2-9(20)8-12(13)18;16-10-3-2-9(15(23)21-24-6-5-22)14(13(10)18)20-12-4-1-8(19)7-11(12)17/h2-5,8,21,23H,1,6-7H2,(H,22,24);1-4,7,20,22H,5-6H2,(H,21,23). The molecule has 18 heteroatoms. The number of hydroxylamine groups is 2. The summed E-state index contributed by atoms with van der Waals surface area (Å²) in [5, 5.41) is 22.0. The number of carbonyl (C=O) groups is 2. The second-order valence-electron chi connectivity index (χ2n) is 9.43. The Labute approximate surface area is 302 Å². The van der Waals surface area contributed by atoms with Gasteiger partial charge in [0.15, 0.2) is 23.3 Å². The maximum atomic E-state index is 14.1. The smallest absolute Gasteiger partial charge is 0.277 e. The zero-order chi connectivity index (χ0) is 36.1. The lowest BCUT2D eigenvalue weighted by Crippen LogP contribution is -2.26. The van der Waals surface area contributed by atoms with Gasteiger partial charge in [0.25, 0.3) is 11.8 Å². The van der Waals surface area contributed by atoms with Crippen molar-refractivity contribution < 1.29 is 55.8 Å². The number of rotatable bonds is 13. The minimum absolute atomic E-state index is 0.0421. The van der Waals surface area contributed by atoms with Gasteiger partial charge in [0.05, 0.1) is 53.7 Å². The van der Waals surface area contributed by atoms with E-state index in [0.29, 0.717) is 7.14 Å². The van der Waals surface area contributed by atoms with Gasteiger partial charge in [-0.15, -0.1) is 0 Å². The second kappa shape index (κ2) is 19.5. The largest absolute Gasteiger partial charge is 0.396 e. The van der Waals surface area contributed by atoms with Crippen LogP contribution in [0.25, 0.3) is 0 Å². The zero-order valence-electron chi connectivity index (χ0n) is 24.9. The van der Waals surface area contributed by atoms with E-state index in [9.17, 15) is 35.9 Å². The molecule has 0 aliphatic carbocycles. The average molecular weight is 918 g/mol. The molecule has 0 aromatic heterocycles. The molecule has 0 saturated carbocycles. The first-order valence-electron chi connectivity index (χ1n) is 13.8. The average Bonchev–Trinajstić information content (AvgIpc) is 3.06. The third-order valence-electron chi connectivity index (χ3n) is 5.99. The molecule has 262 valence electrons. The summed E-state index contributed by atoms with van der Waals surface area (Å²) in [6.07, 6.45) is 0.289. The van der Waals surface area contributed by atoms with Crippen LogP contribution in [0.5, 0.6) is 0 Å². The Hall–Kier alpha value is -3.70. The maximum Gasteiger partial charge on any atom is 0.277 e. The minimum atomic E-state index is -1.33. The van der Waals surface area contributed by atoms with E-state index in [1.54, 1.807) is 12.1 Å². The summed E-state index contributed by atoms with van der Waals surface area (Å²) in [5.74, 6) is -8.12. The highest BCUT2D eigenvalue weighted by Crippen LogP contribution is 2.30. The van der Waals surface area contributed by atoms with Crippen LogP contribution in [0, 0.1) is 42.0 Å². The normalized spacial score (nSPS) is 10.6. The van der Waals surface area contributed by atoms with Crippen LogP contribution in [0.1, 0.15) is 27.1 Å². The lowest BCUT2D eigenvalue weighted by molar-refractivity contribution is 0.0168. The molecular formula is C31H26F6I2N4O6. The molecule has 0 spiro atoms. The van der Waals surface area contributed by atoms with Gasteiger partial charge in [0, 0.05) is 13.7 Å². The molecule has 4 rings (SSSR count). The van der Waals surface area contributed by atoms with Crippen molar-refractivity contribution in [1.29, 1.82) is 0 Å². The second-order valence-corrected chi connectivity index (χ2v) is 11.9. The molecule has 6 N–H and O–H groups in total. The molecular weight excluding hydrogens is 892 g/mol. The quantitative estimate of drug-likeness (QED) is 0.0382. The highest BCUT2D eigenvalue weighted by molar-refractivity contribution is 14.1. The molecule has 0 bridgehead atoms. The molecule has 0 heterocycles. The molecule has 49 heavy (non-hydrogen) atoms. The molecule has 0 aliphatic rings. The van der Waals surface area contributed by atoms with Gasteiger partial charge < -0.3 is 20.8 Å². The first-order chi connectivity index (χ1) is 23.4. The Morgan fingerprint density at radius 3 is 1.41 bits per heavy atom. The third-order valence-corrected chi connectivity index (χ3v) is 7.33. The number of hydrogen-bond donors (Lipinski definition) is 6. The highest BCUT2D eigenvalue weighted by atomic mass is 127. The van der Waals surface area contributed by atoms with Crippen LogP contribution in [-0.2, 0) is 9.68 Å². The minimum Gasteiger partial charge on any atom is -0.396 e. The van der Waals surface area contributed by atoms with Gasteiger partial charge in [-0.2, -0.15) is 0 Å². The van der Waals surface area contributed by atoms with Gasteiger partial charge in [0.1, 0.15) is 11.6 Å². The van der Waals surface area contributed by atoms with Gasteiger partial charge >= 0.3 is 0 Å². The van der Waals surface area contributed by atoms with Crippen molar-refractivity contribution in [3.8, 4) is 0 Å². The van der Waals surface area contributed by atoms with Crippen molar-refractivity contribution in [3.05, 3.63) is 114 Å². The van der Waals surface area contributed by atoms with Crippen LogP contribution < -0.4 is 21.6 Å². The number of anilines is 4. The number of aliphatic hydroxyl groups excluding tert-OH is 2. The van der Waals surface area contributed by atoms with Crippen LogP contribution in [0.4, 0.5) is 49.1 Å². The number of halogens is 8. The Kier molecular flexibility index (Phi) is 15.8. The molecule has 0 atom stereocenters. The summed E-state index contributed by atoms with van der Waals surface area (Å²) < 4.78 is 84.4. The molecule has 4 aromatic carbocycles. The van der Waals surface area contributed by atoms with E-state index in [-0.39, 0.29) is 55.4 Å². The highest BCUT2D eigenvalue weighted by Gasteiger charge is 2.22. The van der Waals surface area contributed by atoms with E-state index in [0.717, 1.165) is 24.3 Å². The van der Waals surface area contributed by atoms with Crippen molar-refractivity contribution in [2.24, 2.45) is 0 Å². The van der Waals surface area contributed by atoms with E-state index in [1.807, 2.05) is 50.7 Å².